The predicted octanol–water partition coefficient (Wildman–Crippen LogP) is 6.28. The molecule has 2 aromatic rings. The van der Waals surface area contributed by atoms with Crippen LogP contribution in [0.15, 0.2) is 66.1 Å². The number of oxime groups is 1. The molecule has 2 aromatic carbocycles. The summed E-state index contributed by atoms with van der Waals surface area (Å²) in [4.78, 5) is 24.9. The predicted molar refractivity (Wildman–Crippen MR) is 158 cm³/mol. The molecule has 9 nitrogen and oxygen atoms in total. The normalized spacial score (nSPS) is 11.9. The number of hydrogen-bond acceptors (Lipinski definition) is 7. The summed E-state index contributed by atoms with van der Waals surface area (Å²) in [5.74, 6) is 1.62. The van der Waals surface area contributed by atoms with Crippen LogP contribution in [-0.2, 0) is 16.1 Å². The number of H-pyrrole nitrogens is 1. The monoisotopic (exact) mass is 563 g/mol. The van der Waals surface area contributed by atoms with Crippen LogP contribution in [0.4, 0.5) is 11.5 Å². The van der Waals surface area contributed by atoms with Gasteiger partial charge in [-0.05, 0) is 76.1 Å². The second-order valence-corrected chi connectivity index (χ2v) is 10.4. The van der Waals surface area contributed by atoms with Crippen molar-refractivity contribution in [3.05, 3.63) is 77.1 Å². The summed E-state index contributed by atoms with van der Waals surface area (Å²) < 4.78 is 6.05. The van der Waals surface area contributed by atoms with Crippen LogP contribution in [0.5, 0.6) is 11.5 Å². The first-order valence-corrected chi connectivity index (χ1v) is 13.5. The van der Waals surface area contributed by atoms with Gasteiger partial charge < -0.3 is 30.3 Å². The van der Waals surface area contributed by atoms with Crippen molar-refractivity contribution in [3.8, 4) is 22.8 Å². The summed E-state index contributed by atoms with van der Waals surface area (Å²) in [7, 11) is 0. The molecule has 0 saturated carbocycles. The standard InChI is InChI=1S/C30H34ClN5O4/c1-5-39-36-19(2)21-7-6-8-23(15-21)40-26-12-10-22(16-24(26)31)35-29-28-20(9-11-25(28)33-18-34-29)13-14-32-27(37)17-30(3,4)38/h6-12,15-16,18,35,38H,5,13-14,17H2,1-4H3,(H,32,37)(H,33,34). The Labute approximate surface area is 238 Å². The van der Waals surface area contributed by atoms with Gasteiger partial charge in [0.2, 0.25) is 5.91 Å². The largest absolute Gasteiger partial charge is 0.456 e. The maximum Gasteiger partial charge on any atom is 0.222 e. The number of ether oxygens (including phenoxy) is 1. The molecular formula is C30H34ClN5O4. The number of benzene rings is 2. The van der Waals surface area contributed by atoms with Crippen molar-refractivity contribution in [2.24, 2.45) is 5.16 Å². The Bertz CT molecular complexity index is 1460. The molecule has 1 aliphatic carbocycles. The van der Waals surface area contributed by atoms with Crippen molar-refractivity contribution in [1.82, 2.24) is 15.3 Å². The van der Waals surface area contributed by atoms with E-state index in [-0.39, 0.29) is 12.3 Å². The van der Waals surface area contributed by atoms with E-state index in [4.69, 9.17) is 21.2 Å². The molecule has 1 heterocycles. The van der Waals surface area contributed by atoms with Gasteiger partial charge in [0.25, 0.3) is 0 Å². The van der Waals surface area contributed by atoms with Crippen molar-refractivity contribution in [1.29, 1.82) is 0 Å². The van der Waals surface area contributed by atoms with E-state index >= 15 is 0 Å². The third-order valence-electron chi connectivity index (χ3n) is 6.01. The van der Waals surface area contributed by atoms with Crippen molar-refractivity contribution < 1.29 is 19.5 Å². The van der Waals surface area contributed by atoms with E-state index in [9.17, 15) is 9.90 Å². The summed E-state index contributed by atoms with van der Waals surface area (Å²) in [6.07, 6.45) is 2.28. The van der Waals surface area contributed by atoms with Crippen molar-refractivity contribution in [2.45, 2.75) is 46.1 Å². The molecule has 10 heteroatoms. The van der Waals surface area contributed by atoms with Gasteiger partial charge >= 0.3 is 0 Å². The van der Waals surface area contributed by atoms with Crippen LogP contribution in [-0.4, -0.2) is 45.4 Å². The van der Waals surface area contributed by atoms with Crippen LogP contribution in [0.1, 0.15) is 45.2 Å². The molecule has 1 amide bonds. The lowest BCUT2D eigenvalue weighted by atomic mass is 10.1. The van der Waals surface area contributed by atoms with Gasteiger partial charge in [0, 0.05) is 23.4 Å². The van der Waals surface area contributed by atoms with Crippen LogP contribution < -0.4 is 15.4 Å². The molecule has 0 fully saturated rings. The van der Waals surface area contributed by atoms with Gasteiger partial charge in [0.05, 0.1) is 34.8 Å². The summed E-state index contributed by atoms with van der Waals surface area (Å²) in [5.41, 5.74) is 4.21. The molecule has 0 spiro atoms. The molecule has 210 valence electrons. The maximum absolute atomic E-state index is 12.1. The highest BCUT2D eigenvalue weighted by molar-refractivity contribution is 6.32. The first-order valence-electron chi connectivity index (χ1n) is 13.1. The molecule has 0 radical (unpaired) electrons. The van der Waals surface area contributed by atoms with E-state index in [1.54, 1.807) is 32.3 Å². The van der Waals surface area contributed by atoms with Gasteiger partial charge in [-0.1, -0.05) is 35.0 Å². The van der Waals surface area contributed by atoms with E-state index in [1.165, 1.54) is 0 Å². The Morgan fingerprint density at radius 2 is 2.00 bits per heavy atom. The second kappa shape index (κ2) is 12.8. The van der Waals surface area contributed by atoms with Gasteiger partial charge in [0.15, 0.2) is 0 Å². The van der Waals surface area contributed by atoms with Gasteiger partial charge in [-0.15, -0.1) is 0 Å². The number of fused-ring (bicyclic) bond motifs is 1. The van der Waals surface area contributed by atoms with E-state index in [0.717, 1.165) is 33.8 Å². The number of nitrogens with zero attached hydrogens (tertiary/aromatic N) is 2. The zero-order chi connectivity index (χ0) is 28.7. The summed E-state index contributed by atoms with van der Waals surface area (Å²) in [6, 6.07) is 17.0. The molecule has 0 saturated heterocycles. The minimum Gasteiger partial charge on any atom is -0.456 e. The lowest BCUT2D eigenvalue weighted by molar-refractivity contribution is -0.124. The molecule has 1 aliphatic heterocycles. The van der Waals surface area contributed by atoms with E-state index in [1.807, 2.05) is 56.3 Å². The Morgan fingerprint density at radius 3 is 2.75 bits per heavy atom. The third-order valence-corrected chi connectivity index (χ3v) is 6.30. The smallest absolute Gasteiger partial charge is 0.222 e. The Kier molecular flexibility index (Phi) is 9.29. The number of nitrogens with one attached hydrogen (secondary N) is 3. The molecule has 0 bridgehead atoms. The first kappa shape index (κ1) is 28.9. The summed E-state index contributed by atoms with van der Waals surface area (Å²) in [6.45, 7) is 7.93. The number of aromatic nitrogens is 2. The molecule has 40 heavy (non-hydrogen) atoms. The lowest BCUT2D eigenvalue weighted by Crippen LogP contribution is -2.33. The van der Waals surface area contributed by atoms with Crippen molar-refractivity contribution >= 4 is 34.7 Å². The number of carbonyl (C=O) groups excluding carboxylic acids is 1. The number of halogens is 1. The molecular weight excluding hydrogens is 530 g/mol. The van der Waals surface area contributed by atoms with E-state index in [2.05, 4.69) is 25.8 Å². The van der Waals surface area contributed by atoms with Gasteiger partial charge in [-0.2, -0.15) is 0 Å². The lowest BCUT2D eigenvalue weighted by Gasteiger charge is -2.16. The number of rotatable bonds is 12. The van der Waals surface area contributed by atoms with Crippen LogP contribution >= 0.6 is 11.6 Å². The third kappa shape index (κ3) is 7.74. The van der Waals surface area contributed by atoms with E-state index in [0.29, 0.717) is 41.9 Å². The molecule has 4 N–H and O–H groups in total. The highest BCUT2D eigenvalue weighted by Crippen LogP contribution is 2.36. The van der Waals surface area contributed by atoms with Crippen LogP contribution in [0, 0.1) is 0 Å². The van der Waals surface area contributed by atoms with E-state index < -0.39 is 5.60 Å². The minimum absolute atomic E-state index is 0.0462. The number of carbonyl (C=O) groups is 1. The van der Waals surface area contributed by atoms with Crippen molar-refractivity contribution in [2.75, 3.05) is 18.5 Å². The van der Waals surface area contributed by atoms with Crippen LogP contribution in [0.25, 0.3) is 11.3 Å². The second-order valence-electron chi connectivity index (χ2n) is 9.98. The maximum atomic E-state index is 12.1. The fourth-order valence-electron chi connectivity index (χ4n) is 4.17. The SMILES string of the molecule is CCON=C(C)c1cccc(Oc2ccc(Nc3nc[nH]c4ccc(CCNC(=O)CC(C)(C)O)c3-4)cc2Cl)c1. The Hall–Kier alpha value is -4.08. The number of aliphatic hydroxyl groups is 1. The van der Waals surface area contributed by atoms with Gasteiger partial charge in [0.1, 0.15) is 23.9 Å². The molecule has 0 atom stereocenters. The fourth-order valence-corrected chi connectivity index (χ4v) is 4.39. The number of amides is 1. The molecule has 0 unspecified atom stereocenters. The van der Waals surface area contributed by atoms with Crippen LogP contribution in [0.3, 0.4) is 0 Å². The fraction of sp³-hybridized carbons (Fsp3) is 0.300. The van der Waals surface area contributed by atoms with Crippen molar-refractivity contribution in [3.63, 3.8) is 0 Å². The first-order chi connectivity index (χ1) is 19.1. The minimum atomic E-state index is -1.05. The zero-order valence-corrected chi connectivity index (χ0v) is 23.8. The van der Waals surface area contributed by atoms with Crippen LogP contribution in [0.2, 0.25) is 5.02 Å². The summed E-state index contributed by atoms with van der Waals surface area (Å²) in [5, 5.41) is 20.6. The molecule has 0 aromatic heterocycles. The number of anilines is 2. The Balaban J connectivity index is 1.45. The van der Waals surface area contributed by atoms with Gasteiger partial charge in [-0.25, -0.2) is 4.98 Å². The average molecular weight is 564 g/mol. The quantitative estimate of drug-likeness (QED) is 0.119. The topological polar surface area (TPSA) is 121 Å². The molecule has 2 aliphatic rings. The highest BCUT2D eigenvalue weighted by Gasteiger charge is 2.19. The number of aromatic amines is 1. The Morgan fingerprint density at radius 1 is 1.18 bits per heavy atom. The zero-order valence-electron chi connectivity index (χ0n) is 23.0. The molecule has 4 rings (SSSR count). The number of hydrogen-bond donors (Lipinski definition) is 4. The summed E-state index contributed by atoms with van der Waals surface area (Å²) >= 11 is 6.60. The van der Waals surface area contributed by atoms with Gasteiger partial charge in [-0.3, -0.25) is 4.79 Å². The highest BCUT2D eigenvalue weighted by atomic mass is 35.5. The average Bonchev–Trinajstić information content (AvgIpc) is 3.32.